The minimum Gasteiger partial charge on any atom is -0.258 e. The first-order valence-corrected chi connectivity index (χ1v) is 5.16. The van der Waals surface area contributed by atoms with E-state index in [-0.39, 0.29) is 10.6 Å². The first kappa shape index (κ1) is 9.66. The van der Waals surface area contributed by atoms with Gasteiger partial charge in [-0.15, -0.1) is 0 Å². The van der Waals surface area contributed by atoms with Crippen LogP contribution in [0.25, 0.3) is 0 Å². The molecule has 1 aromatic carbocycles. The molecule has 0 heterocycles. The average Bonchev–Trinajstić information content (AvgIpc) is 2.03. The van der Waals surface area contributed by atoms with Gasteiger partial charge in [-0.1, -0.05) is 0 Å². The topological polar surface area (TPSA) is 77.3 Å². The summed E-state index contributed by atoms with van der Waals surface area (Å²) >= 11 is 0. The van der Waals surface area contributed by atoms with Crippen LogP contribution < -0.4 is 0 Å². The van der Waals surface area contributed by atoms with E-state index < -0.39 is 14.8 Å². The lowest BCUT2D eigenvalue weighted by atomic mass is 10.3. The Hall–Kier alpha value is -1.43. The Morgan fingerprint density at radius 3 is 2.38 bits per heavy atom. The molecule has 69 valence electrons. The predicted molar refractivity (Wildman–Crippen MR) is 45.0 cm³/mol. The number of nitrogens with zero attached hydrogens (tertiary/aromatic N) is 1. The third-order valence-corrected chi connectivity index (χ3v) is 2.43. The normalized spacial score (nSPS) is 11.2. The second-order valence-electron chi connectivity index (χ2n) is 2.44. The Balaban J connectivity index is 3.16. The number of non-ortho nitro benzene ring substituents is 1. The zero-order valence-electron chi connectivity index (χ0n) is 6.72. The molecule has 1 radical (unpaired) electrons. The second kappa shape index (κ2) is 3.14. The summed E-state index contributed by atoms with van der Waals surface area (Å²) in [6.45, 7) is 0. The first-order chi connectivity index (χ1) is 5.91. The Kier molecular flexibility index (Phi) is 2.33. The van der Waals surface area contributed by atoms with Crippen LogP contribution in [-0.4, -0.2) is 19.6 Å². The number of rotatable bonds is 2. The van der Waals surface area contributed by atoms with Crippen molar-refractivity contribution < 1.29 is 13.3 Å². The number of nitro benzene ring substituents is 1. The molecule has 0 unspecified atom stereocenters. The number of hydrogen-bond donors (Lipinski definition) is 0. The van der Waals surface area contributed by atoms with Crippen LogP contribution in [0.2, 0.25) is 0 Å². The van der Waals surface area contributed by atoms with Crippen molar-refractivity contribution in [1.82, 2.24) is 0 Å². The third-order valence-electron chi connectivity index (χ3n) is 1.38. The summed E-state index contributed by atoms with van der Waals surface area (Å²) in [4.78, 5) is 9.55. The molecule has 0 N–H and O–H groups in total. The fraction of sp³-hybridized carbons (Fsp3) is 0.143. The van der Waals surface area contributed by atoms with Gasteiger partial charge in [0.2, 0.25) is 0 Å². The zero-order valence-corrected chi connectivity index (χ0v) is 7.54. The van der Waals surface area contributed by atoms with Crippen molar-refractivity contribution in [2.75, 3.05) is 6.26 Å². The molecule has 1 rings (SSSR count). The van der Waals surface area contributed by atoms with Crippen molar-refractivity contribution in [3.8, 4) is 0 Å². The molecule has 0 amide bonds. The lowest BCUT2D eigenvalue weighted by molar-refractivity contribution is -0.384. The lowest BCUT2D eigenvalue weighted by Gasteiger charge is -1.95. The SMILES string of the molecule is CS(=O)(=O)c1[c]cc([N+](=O)[O-])cc1. The fourth-order valence-corrected chi connectivity index (χ4v) is 1.33. The highest BCUT2D eigenvalue weighted by molar-refractivity contribution is 7.90. The number of benzene rings is 1. The second-order valence-corrected chi connectivity index (χ2v) is 4.42. The zero-order chi connectivity index (χ0) is 10.1. The van der Waals surface area contributed by atoms with Gasteiger partial charge >= 0.3 is 0 Å². The van der Waals surface area contributed by atoms with Crippen LogP contribution >= 0.6 is 0 Å². The van der Waals surface area contributed by atoms with Crippen LogP contribution in [-0.2, 0) is 9.84 Å². The van der Waals surface area contributed by atoms with E-state index in [1.54, 1.807) is 0 Å². The largest absolute Gasteiger partial charge is 0.270 e. The fourth-order valence-electron chi connectivity index (χ4n) is 0.747. The van der Waals surface area contributed by atoms with Crippen molar-refractivity contribution >= 4 is 15.5 Å². The highest BCUT2D eigenvalue weighted by Gasteiger charge is 2.10. The van der Waals surface area contributed by atoms with E-state index in [1.807, 2.05) is 0 Å². The molecule has 13 heavy (non-hydrogen) atoms. The Labute approximate surface area is 75.1 Å². The molecule has 0 saturated carbocycles. The van der Waals surface area contributed by atoms with Crippen LogP contribution in [0.1, 0.15) is 0 Å². The Bertz CT molecular complexity index is 420. The van der Waals surface area contributed by atoms with E-state index in [1.165, 1.54) is 0 Å². The highest BCUT2D eigenvalue weighted by Crippen LogP contribution is 2.14. The van der Waals surface area contributed by atoms with Gasteiger partial charge in [-0.25, -0.2) is 8.42 Å². The van der Waals surface area contributed by atoms with Gasteiger partial charge in [-0.2, -0.15) is 0 Å². The van der Waals surface area contributed by atoms with Crippen LogP contribution in [0.5, 0.6) is 0 Å². The van der Waals surface area contributed by atoms with Gasteiger partial charge in [0.05, 0.1) is 9.82 Å². The molecule has 0 aliphatic carbocycles. The van der Waals surface area contributed by atoms with Crippen LogP contribution in [0.3, 0.4) is 0 Å². The van der Waals surface area contributed by atoms with Crippen molar-refractivity contribution in [3.05, 3.63) is 34.4 Å². The summed E-state index contributed by atoms with van der Waals surface area (Å²) in [6, 6.07) is 5.66. The van der Waals surface area contributed by atoms with Gasteiger partial charge < -0.3 is 0 Å². The maximum absolute atomic E-state index is 10.9. The summed E-state index contributed by atoms with van der Waals surface area (Å²) in [5.41, 5.74) is -0.174. The van der Waals surface area contributed by atoms with Crippen molar-refractivity contribution in [3.63, 3.8) is 0 Å². The average molecular weight is 200 g/mol. The van der Waals surface area contributed by atoms with Crippen LogP contribution in [0.4, 0.5) is 5.69 Å². The quantitative estimate of drug-likeness (QED) is 0.522. The van der Waals surface area contributed by atoms with Crippen LogP contribution in [0, 0.1) is 16.2 Å². The van der Waals surface area contributed by atoms with Crippen molar-refractivity contribution in [2.24, 2.45) is 0 Å². The number of hydrogen-bond acceptors (Lipinski definition) is 4. The van der Waals surface area contributed by atoms with Crippen molar-refractivity contribution in [2.45, 2.75) is 4.90 Å². The number of sulfone groups is 1. The molecule has 0 fully saturated rings. The maximum atomic E-state index is 10.9. The lowest BCUT2D eigenvalue weighted by Crippen LogP contribution is -1.97. The summed E-state index contributed by atoms with van der Waals surface area (Å²) in [5, 5.41) is 10.2. The van der Waals surface area contributed by atoms with Gasteiger partial charge in [0.15, 0.2) is 9.84 Å². The standard InChI is InChI=1S/C7H6NO4S/c1-13(11,12)7-4-2-6(3-5-7)8(9)10/h2-4H,1H3. The summed E-state index contributed by atoms with van der Waals surface area (Å²) < 4.78 is 21.8. The number of nitro groups is 1. The highest BCUT2D eigenvalue weighted by atomic mass is 32.2. The smallest absolute Gasteiger partial charge is 0.258 e. The Morgan fingerprint density at radius 2 is 2.08 bits per heavy atom. The molecule has 0 saturated heterocycles. The minimum absolute atomic E-state index is 0.0434. The van der Waals surface area contributed by atoms with E-state index in [0.717, 1.165) is 24.5 Å². The van der Waals surface area contributed by atoms with E-state index in [4.69, 9.17) is 0 Å². The van der Waals surface area contributed by atoms with Gasteiger partial charge in [-0.05, 0) is 6.07 Å². The molecule has 0 aliphatic rings. The minimum atomic E-state index is -3.32. The van der Waals surface area contributed by atoms with Gasteiger partial charge in [0, 0.05) is 24.5 Å². The summed E-state index contributed by atoms with van der Waals surface area (Å²) in [6.07, 6.45) is 1.02. The van der Waals surface area contributed by atoms with Crippen molar-refractivity contribution in [1.29, 1.82) is 0 Å². The van der Waals surface area contributed by atoms with E-state index in [9.17, 15) is 18.5 Å². The first-order valence-electron chi connectivity index (χ1n) is 3.27. The molecule has 0 aromatic heterocycles. The van der Waals surface area contributed by atoms with E-state index in [0.29, 0.717) is 0 Å². The van der Waals surface area contributed by atoms with Crippen LogP contribution in [0.15, 0.2) is 23.1 Å². The summed E-state index contributed by atoms with van der Waals surface area (Å²) in [5.74, 6) is 0. The molecule has 0 spiro atoms. The van der Waals surface area contributed by atoms with E-state index >= 15 is 0 Å². The predicted octanol–water partition coefficient (Wildman–Crippen LogP) is 0.798. The molecule has 6 heteroatoms. The van der Waals surface area contributed by atoms with E-state index in [2.05, 4.69) is 6.07 Å². The molecule has 1 aromatic rings. The molecule has 5 nitrogen and oxygen atoms in total. The monoisotopic (exact) mass is 200 g/mol. The molecular weight excluding hydrogens is 194 g/mol. The molecule has 0 bridgehead atoms. The molecular formula is C7H6NO4S. The summed E-state index contributed by atoms with van der Waals surface area (Å²) in [7, 11) is -3.32. The van der Waals surface area contributed by atoms with Gasteiger partial charge in [-0.3, -0.25) is 10.1 Å². The molecule has 0 atom stereocenters. The van der Waals surface area contributed by atoms with Gasteiger partial charge in [0.1, 0.15) is 0 Å². The maximum Gasteiger partial charge on any atom is 0.270 e. The Morgan fingerprint density at radius 1 is 1.46 bits per heavy atom. The van der Waals surface area contributed by atoms with Gasteiger partial charge in [0.25, 0.3) is 5.69 Å². The third kappa shape index (κ3) is 2.25. The molecule has 0 aliphatic heterocycles.